The van der Waals surface area contributed by atoms with E-state index in [0.717, 1.165) is 11.1 Å². The largest absolute Gasteiger partial charge is 0.481 e. The highest BCUT2D eigenvalue weighted by Crippen LogP contribution is 2.24. The topological polar surface area (TPSA) is 249 Å². The lowest BCUT2D eigenvalue weighted by atomic mass is 9.95. The van der Waals surface area contributed by atoms with Crippen molar-refractivity contribution in [3.05, 3.63) is 96.1 Å². The fraction of sp³-hybridized carbons (Fsp3) is 0.435. The van der Waals surface area contributed by atoms with Gasteiger partial charge in [0.05, 0.1) is 12.8 Å². The maximum atomic E-state index is 14.2. The van der Waals surface area contributed by atoms with E-state index < -0.39 is 102 Å². The van der Waals surface area contributed by atoms with Crippen molar-refractivity contribution in [3.63, 3.8) is 0 Å². The summed E-state index contributed by atoms with van der Waals surface area (Å²) < 4.78 is 0. The monoisotopic (exact) mass is 856 g/mol. The number of carboxylic acids is 2. The lowest BCUT2D eigenvalue weighted by Gasteiger charge is -2.30. The smallest absolute Gasteiger partial charge is 0.326 e. The van der Waals surface area contributed by atoms with Gasteiger partial charge in [-0.3, -0.25) is 33.6 Å². The van der Waals surface area contributed by atoms with E-state index in [1.165, 1.54) is 0 Å². The van der Waals surface area contributed by atoms with E-state index in [1.54, 1.807) is 65.8 Å². The maximum Gasteiger partial charge on any atom is 0.326 e. The molecule has 0 aliphatic carbocycles. The molecule has 0 spiro atoms. The second kappa shape index (κ2) is 24.6. The number of benzene rings is 3. The molecule has 3 aromatic carbocycles. The molecule has 8 N–H and O–H groups in total. The molecule has 0 unspecified atom stereocenters. The molecule has 62 heavy (non-hydrogen) atoms. The van der Waals surface area contributed by atoms with Crippen molar-refractivity contribution in [2.75, 3.05) is 6.54 Å². The van der Waals surface area contributed by atoms with Gasteiger partial charge < -0.3 is 42.1 Å². The van der Waals surface area contributed by atoms with Gasteiger partial charge >= 0.3 is 11.9 Å². The summed E-state index contributed by atoms with van der Waals surface area (Å²) in [5, 5.41) is 34.7. The number of amides is 6. The summed E-state index contributed by atoms with van der Waals surface area (Å²) in [5.74, 6) is -8.92. The van der Waals surface area contributed by atoms with Gasteiger partial charge in [-0.05, 0) is 53.4 Å². The second-order valence-corrected chi connectivity index (χ2v) is 16.0. The highest BCUT2D eigenvalue weighted by atomic mass is 16.4. The Bertz CT molecular complexity index is 2010. The summed E-state index contributed by atoms with van der Waals surface area (Å²) in [7, 11) is 0. The van der Waals surface area contributed by atoms with Crippen LogP contribution in [0.1, 0.15) is 83.1 Å². The summed E-state index contributed by atoms with van der Waals surface area (Å²) in [6.45, 7) is 10.6. The zero-order valence-electron chi connectivity index (χ0n) is 36.1. The summed E-state index contributed by atoms with van der Waals surface area (Å²) in [6, 6.07) is 18.2. The Kier molecular flexibility index (Phi) is 19.8. The molecule has 3 aromatic rings. The Morgan fingerprint density at radius 1 is 0.581 bits per heavy atom. The molecule has 0 bridgehead atoms. The number of nitrogens with one attached hydrogen (secondary N) is 6. The van der Waals surface area contributed by atoms with Crippen molar-refractivity contribution < 1.29 is 48.6 Å². The van der Waals surface area contributed by atoms with Crippen LogP contribution in [0.3, 0.4) is 0 Å². The molecular weight excluding hydrogens is 797 g/mol. The minimum Gasteiger partial charge on any atom is -0.481 e. The van der Waals surface area contributed by atoms with Crippen LogP contribution in [-0.2, 0) is 40.0 Å². The van der Waals surface area contributed by atoms with Gasteiger partial charge in [0.1, 0.15) is 30.2 Å². The Hall–Kier alpha value is -6.58. The molecule has 16 nitrogen and oxygen atoms in total. The van der Waals surface area contributed by atoms with Crippen LogP contribution in [0.4, 0.5) is 0 Å². The zero-order chi connectivity index (χ0) is 45.9. The quantitative estimate of drug-likeness (QED) is 0.0652. The van der Waals surface area contributed by atoms with Crippen LogP contribution in [0.2, 0.25) is 0 Å². The molecule has 0 saturated carbocycles. The summed E-state index contributed by atoms with van der Waals surface area (Å²) in [5.41, 5.74) is 2.71. The molecule has 3 rings (SSSR count). The normalized spacial score (nSPS) is 13.9. The number of rotatable bonds is 24. The van der Waals surface area contributed by atoms with E-state index >= 15 is 0 Å². The number of carbonyl (C=O) groups excluding carboxylic acids is 6. The third-order valence-electron chi connectivity index (χ3n) is 10.2. The van der Waals surface area contributed by atoms with E-state index in [2.05, 4.69) is 31.9 Å². The molecule has 6 amide bonds. The average molecular weight is 857 g/mol. The summed E-state index contributed by atoms with van der Waals surface area (Å²) in [4.78, 5) is 106. The Morgan fingerprint density at radius 3 is 1.68 bits per heavy atom. The third kappa shape index (κ3) is 15.8. The van der Waals surface area contributed by atoms with Crippen LogP contribution in [0.5, 0.6) is 0 Å². The highest BCUT2D eigenvalue weighted by Gasteiger charge is 2.36. The van der Waals surface area contributed by atoms with Crippen LogP contribution in [0.25, 0.3) is 11.1 Å². The molecule has 6 atom stereocenters. The first-order valence-electron chi connectivity index (χ1n) is 20.8. The SMILES string of the molecule is CC[C@H](C)[C@H](NC(=O)[C@@H](NC(=O)c1ccccc1-c1ccccc1)C(C)C)C(=O)N[C@@H](CC(=O)NCCc1ccccc1)C(=O)N[C@@H](CC(=O)O)C(=O)N[C@@H](CC(C)C)C(=O)O. The Balaban J connectivity index is 1.88. The van der Waals surface area contributed by atoms with Gasteiger partial charge in [-0.2, -0.15) is 0 Å². The van der Waals surface area contributed by atoms with Crippen molar-refractivity contribution in [1.82, 2.24) is 31.9 Å². The van der Waals surface area contributed by atoms with Gasteiger partial charge in [0.25, 0.3) is 5.91 Å². The number of carbonyl (C=O) groups is 8. The van der Waals surface area contributed by atoms with Gasteiger partial charge in [-0.25, -0.2) is 4.79 Å². The van der Waals surface area contributed by atoms with Gasteiger partial charge in [-0.15, -0.1) is 0 Å². The maximum absolute atomic E-state index is 14.2. The molecule has 0 aliphatic heterocycles. The summed E-state index contributed by atoms with van der Waals surface area (Å²) in [6.07, 6.45) is -0.752. The van der Waals surface area contributed by atoms with E-state index in [-0.39, 0.29) is 18.9 Å². The third-order valence-corrected chi connectivity index (χ3v) is 10.2. The van der Waals surface area contributed by atoms with Crippen LogP contribution in [-0.4, -0.2) is 94.3 Å². The Labute approximate surface area is 362 Å². The number of hydrogen-bond acceptors (Lipinski definition) is 8. The van der Waals surface area contributed by atoms with Crippen molar-refractivity contribution in [2.45, 2.75) is 104 Å². The zero-order valence-corrected chi connectivity index (χ0v) is 36.1. The van der Waals surface area contributed by atoms with Crippen molar-refractivity contribution in [2.24, 2.45) is 17.8 Å². The van der Waals surface area contributed by atoms with Crippen molar-refractivity contribution in [1.29, 1.82) is 0 Å². The second-order valence-electron chi connectivity index (χ2n) is 16.0. The fourth-order valence-corrected chi connectivity index (χ4v) is 6.59. The first kappa shape index (κ1) is 49.8. The Morgan fingerprint density at radius 2 is 1.11 bits per heavy atom. The van der Waals surface area contributed by atoms with Gasteiger partial charge in [0.2, 0.25) is 29.5 Å². The van der Waals surface area contributed by atoms with E-state index in [1.807, 2.05) is 60.7 Å². The molecule has 0 aromatic heterocycles. The standard InChI is InChI=1S/C46H60N6O10/c1-7-29(6)40(52-44(59)39(28(4)5)51-41(56)33-21-15-14-20-32(33)31-18-12-9-13-19-31)45(60)49-34(25-37(53)47-23-22-30-16-10-8-11-17-30)42(57)48-35(26-38(54)55)43(58)50-36(46(61)62)24-27(2)3/h8-21,27-29,34-36,39-40H,7,22-26H2,1-6H3,(H,47,53)(H,48,57)(H,49,60)(H,50,58)(H,51,56)(H,52,59)(H,54,55)(H,61,62)/t29-,34-,35-,36-,39-,40-/m0/s1. The van der Waals surface area contributed by atoms with Gasteiger partial charge in [0, 0.05) is 12.1 Å². The van der Waals surface area contributed by atoms with Crippen LogP contribution < -0.4 is 31.9 Å². The lowest BCUT2D eigenvalue weighted by Crippen LogP contribution is -2.61. The lowest BCUT2D eigenvalue weighted by molar-refractivity contribution is -0.144. The molecule has 0 saturated heterocycles. The van der Waals surface area contributed by atoms with E-state index in [0.29, 0.717) is 24.0 Å². The molecular formula is C46H60N6O10. The number of hydrogen-bond donors (Lipinski definition) is 8. The minimum atomic E-state index is -1.79. The molecule has 0 heterocycles. The first-order valence-corrected chi connectivity index (χ1v) is 20.8. The van der Waals surface area contributed by atoms with E-state index in [4.69, 9.17) is 0 Å². The van der Waals surface area contributed by atoms with Crippen molar-refractivity contribution in [3.8, 4) is 11.1 Å². The molecule has 334 valence electrons. The molecule has 16 heteroatoms. The minimum absolute atomic E-state index is 0.0156. The first-order chi connectivity index (χ1) is 29.4. The predicted octanol–water partition coefficient (Wildman–Crippen LogP) is 3.45. The number of carboxylic acid groups (broad SMARTS) is 2. The molecule has 0 fully saturated rings. The van der Waals surface area contributed by atoms with Crippen LogP contribution in [0.15, 0.2) is 84.9 Å². The summed E-state index contributed by atoms with van der Waals surface area (Å²) >= 11 is 0. The van der Waals surface area contributed by atoms with Gasteiger partial charge in [-0.1, -0.05) is 127 Å². The van der Waals surface area contributed by atoms with E-state index in [9.17, 15) is 48.6 Å². The van der Waals surface area contributed by atoms with Gasteiger partial charge in [0.15, 0.2) is 0 Å². The van der Waals surface area contributed by atoms with Crippen LogP contribution in [0, 0.1) is 17.8 Å². The highest BCUT2D eigenvalue weighted by molar-refractivity contribution is 6.03. The molecule has 0 radical (unpaired) electrons. The number of aliphatic carboxylic acids is 2. The fourth-order valence-electron chi connectivity index (χ4n) is 6.59. The average Bonchev–Trinajstić information content (AvgIpc) is 3.23. The van der Waals surface area contributed by atoms with Crippen LogP contribution >= 0.6 is 0 Å². The predicted molar refractivity (Wildman–Crippen MR) is 232 cm³/mol. The van der Waals surface area contributed by atoms with Crippen molar-refractivity contribution >= 4 is 47.4 Å². The molecule has 0 aliphatic rings.